The molecule has 2 aliphatic rings. The molecule has 0 radical (unpaired) electrons. The van der Waals surface area contributed by atoms with Gasteiger partial charge in [0.1, 0.15) is 5.75 Å². The topological polar surface area (TPSA) is 41.9 Å². The third-order valence-corrected chi connectivity index (χ3v) is 5.44. The number of ether oxygens (including phenoxy) is 2. The second-order valence-electron chi connectivity index (χ2n) is 6.63. The van der Waals surface area contributed by atoms with Gasteiger partial charge in [0, 0.05) is 26.2 Å². The molecule has 1 heterocycles. The molecule has 1 saturated carbocycles. The molecular weight excluding hydrogens is 290 g/mol. The predicted octanol–water partition coefficient (Wildman–Crippen LogP) is 2.71. The molecule has 23 heavy (non-hydrogen) atoms. The number of hydrogen-bond donors (Lipinski definition) is 1. The van der Waals surface area contributed by atoms with Crippen LogP contribution in [0.25, 0.3) is 6.08 Å². The molecular formula is C19H27NO3. The van der Waals surface area contributed by atoms with Gasteiger partial charge < -0.3 is 14.6 Å². The third-order valence-electron chi connectivity index (χ3n) is 5.44. The summed E-state index contributed by atoms with van der Waals surface area (Å²) < 4.78 is 11.1. The molecule has 1 aliphatic heterocycles. The molecule has 1 saturated heterocycles. The number of aliphatic hydroxyl groups is 1. The van der Waals surface area contributed by atoms with Gasteiger partial charge in [-0.05, 0) is 43.4 Å². The molecule has 0 unspecified atom stereocenters. The Labute approximate surface area is 138 Å². The molecule has 126 valence electrons. The number of aliphatic hydroxyl groups excluding tert-OH is 1. The van der Waals surface area contributed by atoms with E-state index in [-0.39, 0.29) is 11.7 Å². The minimum absolute atomic E-state index is 0.0484. The van der Waals surface area contributed by atoms with E-state index in [2.05, 4.69) is 29.2 Å². The summed E-state index contributed by atoms with van der Waals surface area (Å²) in [4.78, 5) is 2.45. The van der Waals surface area contributed by atoms with E-state index >= 15 is 0 Å². The maximum Gasteiger partial charge on any atom is 0.118 e. The molecule has 3 rings (SSSR count). The third kappa shape index (κ3) is 3.44. The summed E-state index contributed by atoms with van der Waals surface area (Å²) in [5.41, 5.74) is 1.12. The Morgan fingerprint density at radius 2 is 2.04 bits per heavy atom. The molecule has 0 amide bonds. The first-order valence-corrected chi connectivity index (χ1v) is 8.45. The maximum atomic E-state index is 10.0. The van der Waals surface area contributed by atoms with Crippen molar-refractivity contribution < 1.29 is 14.6 Å². The van der Waals surface area contributed by atoms with Gasteiger partial charge in [-0.1, -0.05) is 24.3 Å². The Bertz CT molecular complexity index is 542. The lowest BCUT2D eigenvalue weighted by Gasteiger charge is -2.42. The molecule has 0 aromatic heterocycles. The molecule has 1 N–H and O–H groups in total. The largest absolute Gasteiger partial charge is 0.497 e. The van der Waals surface area contributed by atoms with Crippen LogP contribution in [0.2, 0.25) is 0 Å². The van der Waals surface area contributed by atoms with E-state index in [0.29, 0.717) is 6.04 Å². The van der Waals surface area contributed by atoms with E-state index in [9.17, 15) is 5.11 Å². The lowest BCUT2D eigenvalue weighted by molar-refractivity contribution is -0.0854. The molecule has 2 fully saturated rings. The Kier molecular flexibility index (Phi) is 5.05. The quantitative estimate of drug-likeness (QED) is 0.907. The fourth-order valence-electron chi connectivity index (χ4n) is 4.03. The number of nitrogens with zero attached hydrogens (tertiary/aromatic N) is 1. The van der Waals surface area contributed by atoms with Crippen molar-refractivity contribution in [3.05, 3.63) is 35.9 Å². The van der Waals surface area contributed by atoms with E-state index in [1.54, 1.807) is 7.11 Å². The molecule has 3 atom stereocenters. The van der Waals surface area contributed by atoms with Crippen LogP contribution in [-0.4, -0.2) is 55.1 Å². The zero-order valence-corrected chi connectivity index (χ0v) is 14.1. The molecule has 1 aliphatic carbocycles. The number of fused-ring (bicyclic) bond motifs is 1. The summed E-state index contributed by atoms with van der Waals surface area (Å²) in [7, 11) is 3.50. The summed E-state index contributed by atoms with van der Waals surface area (Å²) in [6, 6.07) is 8.40. The highest BCUT2D eigenvalue weighted by Gasteiger charge is 2.50. The van der Waals surface area contributed by atoms with Gasteiger partial charge in [0.15, 0.2) is 0 Å². The van der Waals surface area contributed by atoms with Crippen LogP contribution in [0, 0.1) is 0 Å². The molecule has 1 aromatic rings. The number of hydrogen-bond acceptors (Lipinski definition) is 4. The van der Waals surface area contributed by atoms with Gasteiger partial charge in [0.25, 0.3) is 0 Å². The van der Waals surface area contributed by atoms with Gasteiger partial charge in [-0.15, -0.1) is 0 Å². The second-order valence-corrected chi connectivity index (χ2v) is 6.63. The molecule has 0 bridgehead atoms. The molecule has 0 spiro atoms. The predicted molar refractivity (Wildman–Crippen MR) is 91.6 cm³/mol. The highest BCUT2D eigenvalue weighted by molar-refractivity contribution is 5.50. The molecule has 4 nitrogen and oxygen atoms in total. The van der Waals surface area contributed by atoms with Crippen molar-refractivity contribution in [2.24, 2.45) is 0 Å². The number of rotatable bonds is 5. The van der Waals surface area contributed by atoms with Crippen LogP contribution in [0.1, 0.15) is 31.2 Å². The van der Waals surface area contributed by atoms with Crippen molar-refractivity contribution in [2.75, 3.05) is 27.3 Å². The van der Waals surface area contributed by atoms with Crippen molar-refractivity contribution in [3.63, 3.8) is 0 Å². The summed E-state index contributed by atoms with van der Waals surface area (Å²) >= 11 is 0. The highest BCUT2D eigenvalue weighted by atomic mass is 16.5. The zero-order valence-electron chi connectivity index (χ0n) is 14.1. The smallest absolute Gasteiger partial charge is 0.118 e. The number of methoxy groups -OCH3 is 2. The van der Waals surface area contributed by atoms with Crippen LogP contribution in [0.4, 0.5) is 0 Å². The second kappa shape index (κ2) is 7.04. The Hall–Kier alpha value is -1.36. The summed E-state index contributed by atoms with van der Waals surface area (Å²) in [6.07, 6.45) is 7.88. The van der Waals surface area contributed by atoms with Crippen LogP contribution in [0.15, 0.2) is 30.3 Å². The summed E-state index contributed by atoms with van der Waals surface area (Å²) in [6.45, 7) is 1.94. The van der Waals surface area contributed by atoms with E-state index in [1.165, 1.54) is 5.56 Å². The van der Waals surface area contributed by atoms with Gasteiger partial charge in [-0.2, -0.15) is 0 Å². The van der Waals surface area contributed by atoms with Crippen molar-refractivity contribution in [1.29, 1.82) is 0 Å². The first-order chi connectivity index (χ1) is 11.2. The zero-order chi connectivity index (χ0) is 16.3. The van der Waals surface area contributed by atoms with Crippen molar-refractivity contribution >= 4 is 6.08 Å². The SMILES string of the molecule is COc1ccc(/C=C/CN2CC[C@]3(OC)CC[C@@H](O)C[C@H]23)cc1. The van der Waals surface area contributed by atoms with E-state index < -0.39 is 0 Å². The van der Waals surface area contributed by atoms with Crippen LogP contribution < -0.4 is 4.74 Å². The van der Waals surface area contributed by atoms with E-state index in [4.69, 9.17) is 9.47 Å². The normalized spacial score (nSPS) is 31.4. The van der Waals surface area contributed by atoms with E-state index in [1.807, 2.05) is 19.2 Å². The van der Waals surface area contributed by atoms with Gasteiger partial charge in [-0.25, -0.2) is 0 Å². The first kappa shape index (κ1) is 16.5. The Morgan fingerprint density at radius 1 is 1.26 bits per heavy atom. The Balaban J connectivity index is 1.62. The first-order valence-electron chi connectivity index (χ1n) is 8.45. The molecule has 1 aromatic carbocycles. The summed E-state index contributed by atoms with van der Waals surface area (Å²) in [5.74, 6) is 0.878. The fraction of sp³-hybridized carbons (Fsp3) is 0.579. The molecule has 4 heteroatoms. The lowest BCUT2D eigenvalue weighted by atomic mass is 9.79. The highest BCUT2D eigenvalue weighted by Crippen LogP contribution is 2.42. The van der Waals surface area contributed by atoms with Crippen LogP contribution in [0.3, 0.4) is 0 Å². The maximum absolute atomic E-state index is 10.0. The Morgan fingerprint density at radius 3 is 2.74 bits per heavy atom. The average Bonchev–Trinajstić information content (AvgIpc) is 2.94. The van der Waals surface area contributed by atoms with Gasteiger partial charge >= 0.3 is 0 Å². The fourth-order valence-corrected chi connectivity index (χ4v) is 4.03. The van der Waals surface area contributed by atoms with E-state index in [0.717, 1.165) is 44.5 Å². The van der Waals surface area contributed by atoms with Gasteiger partial charge in [0.2, 0.25) is 0 Å². The standard InChI is InChI=1S/C19H27NO3/c1-22-17-7-5-15(6-8-17)4-3-12-20-13-11-19(23-2)10-9-16(21)14-18(19)20/h3-8,16,18,21H,9-14H2,1-2H3/b4-3+/t16-,18+,19-/m1/s1. The summed E-state index contributed by atoms with van der Waals surface area (Å²) in [5, 5.41) is 10.0. The van der Waals surface area contributed by atoms with Gasteiger partial charge in [-0.3, -0.25) is 4.90 Å². The van der Waals surface area contributed by atoms with Crippen molar-refractivity contribution in [3.8, 4) is 5.75 Å². The average molecular weight is 317 g/mol. The van der Waals surface area contributed by atoms with Crippen LogP contribution >= 0.6 is 0 Å². The van der Waals surface area contributed by atoms with Crippen LogP contribution in [-0.2, 0) is 4.74 Å². The monoisotopic (exact) mass is 317 g/mol. The lowest BCUT2D eigenvalue weighted by Crippen LogP contribution is -2.51. The minimum atomic E-state index is -0.186. The van der Waals surface area contributed by atoms with Gasteiger partial charge in [0.05, 0.1) is 18.8 Å². The van der Waals surface area contributed by atoms with Crippen LogP contribution in [0.5, 0.6) is 5.75 Å². The van der Waals surface area contributed by atoms with Crippen molar-refractivity contribution in [2.45, 2.75) is 43.4 Å². The minimum Gasteiger partial charge on any atom is -0.497 e. The number of benzene rings is 1. The van der Waals surface area contributed by atoms with Crippen molar-refractivity contribution in [1.82, 2.24) is 4.90 Å². The number of likely N-dealkylation sites (tertiary alicyclic amines) is 1.